The van der Waals surface area contributed by atoms with E-state index in [-0.39, 0.29) is 12.4 Å². The molecule has 0 spiro atoms. The van der Waals surface area contributed by atoms with Gasteiger partial charge in [0.2, 0.25) is 0 Å². The number of aliphatic imine (C=N–C) groups is 1. The van der Waals surface area contributed by atoms with Gasteiger partial charge in [-0.2, -0.15) is 0 Å². The van der Waals surface area contributed by atoms with Crippen LogP contribution < -0.4 is 15.4 Å². The maximum absolute atomic E-state index is 13.6. The molecular formula is C23H30F2N4O2. The van der Waals surface area contributed by atoms with Gasteiger partial charge in [0.15, 0.2) is 17.5 Å². The summed E-state index contributed by atoms with van der Waals surface area (Å²) in [4.78, 5) is 7.07. The number of benzene rings is 2. The lowest BCUT2D eigenvalue weighted by molar-refractivity contribution is 0.0341. The van der Waals surface area contributed by atoms with Crippen molar-refractivity contribution < 1.29 is 18.3 Å². The molecule has 0 atom stereocenters. The first-order valence-electron chi connectivity index (χ1n) is 10.6. The standard InChI is InChI=1S/C23H30F2N4O2/c1-2-26-23(27-9-12-31-22-8-7-20(24)15-21(22)25)28-16-18-5-3-4-6-19(18)17-29-10-13-30-14-11-29/h3-8,15H,2,9-14,16-17H2,1H3,(H2,26,27,28). The van der Waals surface area contributed by atoms with E-state index in [1.165, 1.54) is 23.3 Å². The average Bonchev–Trinajstić information content (AvgIpc) is 2.77. The molecular weight excluding hydrogens is 402 g/mol. The molecule has 168 valence electrons. The molecule has 0 bridgehead atoms. The van der Waals surface area contributed by atoms with Crippen molar-refractivity contribution in [1.29, 1.82) is 0 Å². The van der Waals surface area contributed by atoms with Crippen LogP contribution in [0, 0.1) is 11.6 Å². The van der Waals surface area contributed by atoms with Gasteiger partial charge in [-0.1, -0.05) is 24.3 Å². The minimum Gasteiger partial charge on any atom is -0.489 e. The van der Waals surface area contributed by atoms with Gasteiger partial charge < -0.3 is 20.1 Å². The lowest BCUT2D eigenvalue weighted by Crippen LogP contribution is -2.39. The Labute approximate surface area is 182 Å². The van der Waals surface area contributed by atoms with Crippen molar-refractivity contribution >= 4 is 5.96 Å². The summed E-state index contributed by atoms with van der Waals surface area (Å²) in [6.07, 6.45) is 0. The molecule has 1 saturated heterocycles. The molecule has 2 N–H and O–H groups in total. The number of nitrogens with one attached hydrogen (secondary N) is 2. The summed E-state index contributed by atoms with van der Waals surface area (Å²) in [7, 11) is 0. The number of rotatable bonds is 9. The van der Waals surface area contributed by atoms with Crippen LogP contribution in [0.25, 0.3) is 0 Å². The molecule has 1 fully saturated rings. The van der Waals surface area contributed by atoms with Crippen molar-refractivity contribution in [3.05, 3.63) is 65.2 Å². The predicted octanol–water partition coefficient (Wildman–Crippen LogP) is 2.93. The fourth-order valence-corrected chi connectivity index (χ4v) is 3.29. The summed E-state index contributed by atoms with van der Waals surface area (Å²) in [5, 5.41) is 6.39. The first-order valence-corrected chi connectivity index (χ1v) is 10.6. The summed E-state index contributed by atoms with van der Waals surface area (Å²) >= 11 is 0. The number of nitrogens with zero attached hydrogens (tertiary/aromatic N) is 2. The van der Waals surface area contributed by atoms with Crippen LogP contribution in [0.5, 0.6) is 5.75 Å². The Morgan fingerprint density at radius 3 is 2.61 bits per heavy atom. The zero-order valence-electron chi connectivity index (χ0n) is 17.9. The summed E-state index contributed by atoms with van der Waals surface area (Å²) in [6, 6.07) is 11.6. The van der Waals surface area contributed by atoms with Crippen molar-refractivity contribution in [2.45, 2.75) is 20.0 Å². The van der Waals surface area contributed by atoms with Crippen LogP contribution in [-0.2, 0) is 17.8 Å². The third-order valence-corrected chi connectivity index (χ3v) is 4.91. The maximum Gasteiger partial charge on any atom is 0.191 e. The Morgan fingerprint density at radius 1 is 1.10 bits per heavy atom. The molecule has 0 saturated carbocycles. The van der Waals surface area contributed by atoms with Crippen LogP contribution in [0.15, 0.2) is 47.5 Å². The third-order valence-electron chi connectivity index (χ3n) is 4.91. The molecule has 2 aromatic rings. The number of hydrogen-bond donors (Lipinski definition) is 2. The molecule has 0 aromatic heterocycles. The van der Waals surface area contributed by atoms with Gasteiger partial charge in [-0.05, 0) is 30.2 Å². The van der Waals surface area contributed by atoms with E-state index in [0.717, 1.165) is 38.9 Å². The minimum absolute atomic E-state index is 0.0298. The number of ether oxygens (including phenoxy) is 2. The second-order valence-electron chi connectivity index (χ2n) is 7.20. The van der Waals surface area contributed by atoms with Gasteiger partial charge in [0.25, 0.3) is 0 Å². The normalized spacial score (nSPS) is 15.0. The van der Waals surface area contributed by atoms with Crippen LogP contribution in [0.2, 0.25) is 0 Å². The maximum atomic E-state index is 13.6. The summed E-state index contributed by atoms with van der Waals surface area (Å²) < 4.78 is 37.4. The summed E-state index contributed by atoms with van der Waals surface area (Å²) in [5.41, 5.74) is 2.44. The molecule has 31 heavy (non-hydrogen) atoms. The average molecular weight is 433 g/mol. The van der Waals surface area contributed by atoms with E-state index in [0.29, 0.717) is 25.6 Å². The predicted molar refractivity (Wildman–Crippen MR) is 117 cm³/mol. The number of halogens is 2. The zero-order chi connectivity index (χ0) is 21.9. The Hall–Kier alpha value is -2.71. The fraction of sp³-hybridized carbons (Fsp3) is 0.435. The molecule has 6 nitrogen and oxygen atoms in total. The van der Waals surface area contributed by atoms with Crippen LogP contribution in [0.4, 0.5) is 8.78 Å². The minimum atomic E-state index is -0.711. The van der Waals surface area contributed by atoms with Gasteiger partial charge >= 0.3 is 0 Å². The number of guanidine groups is 1. The van der Waals surface area contributed by atoms with Gasteiger partial charge in [0.1, 0.15) is 12.4 Å². The van der Waals surface area contributed by atoms with Crippen LogP contribution in [0.3, 0.4) is 0 Å². The van der Waals surface area contributed by atoms with Gasteiger partial charge in [-0.25, -0.2) is 13.8 Å². The van der Waals surface area contributed by atoms with E-state index >= 15 is 0 Å². The molecule has 1 aliphatic heterocycles. The lowest BCUT2D eigenvalue weighted by Gasteiger charge is -2.27. The smallest absolute Gasteiger partial charge is 0.191 e. The van der Waals surface area contributed by atoms with Crippen molar-refractivity contribution in [1.82, 2.24) is 15.5 Å². The second-order valence-corrected chi connectivity index (χ2v) is 7.20. The molecule has 0 unspecified atom stereocenters. The molecule has 0 amide bonds. The highest BCUT2D eigenvalue weighted by molar-refractivity contribution is 5.79. The SMILES string of the molecule is CCNC(=NCc1ccccc1CN1CCOCC1)NCCOc1ccc(F)cc1F. The monoisotopic (exact) mass is 432 g/mol. The Kier molecular flexibility index (Phi) is 9.05. The first kappa shape index (κ1) is 23.0. The van der Waals surface area contributed by atoms with E-state index in [1.54, 1.807) is 0 Å². The van der Waals surface area contributed by atoms with Crippen LogP contribution in [0.1, 0.15) is 18.1 Å². The van der Waals surface area contributed by atoms with Gasteiger partial charge in [-0.15, -0.1) is 0 Å². The molecule has 3 rings (SSSR count). The molecule has 1 heterocycles. The van der Waals surface area contributed by atoms with E-state index in [1.807, 2.05) is 13.0 Å². The highest BCUT2D eigenvalue weighted by Gasteiger charge is 2.12. The van der Waals surface area contributed by atoms with E-state index in [4.69, 9.17) is 9.47 Å². The topological polar surface area (TPSA) is 58.1 Å². The molecule has 8 heteroatoms. The first-order chi connectivity index (χ1) is 15.2. The Bertz CT molecular complexity index is 857. The van der Waals surface area contributed by atoms with E-state index < -0.39 is 11.6 Å². The van der Waals surface area contributed by atoms with Gasteiger partial charge in [-0.3, -0.25) is 4.90 Å². The number of hydrogen-bond acceptors (Lipinski definition) is 4. The molecule has 1 aliphatic rings. The van der Waals surface area contributed by atoms with E-state index in [2.05, 4.69) is 38.7 Å². The number of morpholine rings is 1. The van der Waals surface area contributed by atoms with Gasteiger partial charge in [0.05, 0.1) is 26.3 Å². The second kappa shape index (κ2) is 12.2. The van der Waals surface area contributed by atoms with Crippen molar-refractivity contribution in [3.8, 4) is 5.75 Å². The van der Waals surface area contributed by atoms with Gasteiger partial charge in [0, 0.05) is 32.2 Å². The van der Waals surface area contributed by atoms with Crippen molar-refractivity contribution in [2.24, 2.45) is 4.99 Å². The largest absolute Gasteiger partial charge is 0.489 e. The van der Waals surface area contributed by atoms with Crippen LogP contribution in [-0.4, -0.2) is 56.9 Å². The summed E-state index contributed by atoms with van der Waals surface area (Å²) in [6.45, 7) is 8.23. The highest BCUT2D eigenvalue weighted by Crippen LogP contribution is 2.17. The quantitative estimate of drug-likeness (QED) is 0.363. The Balaban J connectivity index is 1.53. The van der Waals surface area contributed by atoms with Crippen molar-refractivity contribution in [3.63, 3.8) is 0 Å². The summed E-state index contributed by atoms with van der Waals surface area (Å²) in [5.74, 6) is -0.648. The molecule has 0 radical (unpaired) electrons. The Morgan fingerprint density at radius 2 is 1.87 bits per heavy atom. The lowest BCUT2D eigenvalue weighted by atomic mass is 10.1. The van der Waals surface area contributed by atoms with Crippen molar-refractivity contribution in [2.75, 3.05) is 46.0 Å². The molecule has 2 aromatic carbocycles. The van der Waals surface area contributed by atoms with E-state index in [9.17, 15) is 8.78 Å². The van der Waals surface area contributed by atoms with Crippen LogP contribution >= 0.6 is 0 Å². The fourth-order valence-electron chi connectivity index (χ4n) is 3.29. The zero-order valence-corrected chi connectivity index (χ0v) is 17.9. The third kappa shape index (κ3) is 7.48. The molecule has 0 aliphatic carbocycles. The highest BCUT2D eigenvalue weighted by atomic mass is 19.1.